The number of carbonyl (C=O) groups excluding carboxylic acids is 2. The molecule has 2 atom stereocenters. The molecule has 37 heavy (non-hydrogen) atoms. The van der Waals surface area contributed by atoms with Crippen LogP contribution in [0.4, 0.5) is 4.79 Å². The zero-order valence-electron chi connectivity index (χ0n) is 21.7. The Morgan fingerprint density at radius 1 is 1.03 bits per heavy atom. The van der Waals surface area contributed by atoms with Gasteiger partial charge in [0.05, 0.1) is 22.0 Å². The number of amides is 1. The fourth-order valence-electron chi connectivity index (χ4n) is 5.42. The molecule has 7 nitrogen and oxygen atoms in total. The Balaban J connectivity index is 1.59. The molecule has 1 aromatic carbocycles. The normalized spacial score (nSPS) is 19.6. The second kappa shape index (κ2) is 14.8. The quantitative estimate of drug-likeness (QED) is 0.164. The molecule has 208 valence electrons. The molecular weight excluding hydrogens is 536 g/mol. The lowest BCUT2D eigenvalue weighted by molar-refractivity contribution is -0.158. The van der Waals surface area contributed by atoms with E-state index in [1.54, 1.807) is 18.2 Å². The Morgan fingerprint density at radius 2 is 1.68 bits per heavy atom. The minimum Gasteiger partial charge on any atom is -0.428 e. The van der Waals surface area contributed by atoms with E-state index >= 15 is 0 Å². The fraction of sp³-hybridized carbons (Fsp3) is 0.704. The van der Waals surface area contributed by atoms with Crippen molar-refractivity contribution in [3.63, 3.8) is 0 Å². The number of hydrogen-bond donors (Lipinski definition) is 1. The van der Waals surface area contributed by atoms with Crippen LogP contribution in [0.15, 0.2) is 18.2 Å². The minimum atomic E-state index is -3.30. The summed E-state index contributed by atoms with van der Waals surface area (Å²) in [5, 5.41) is 0.776. The van der Waals surface area contributed by atoms with Gasteiger partial charge in [0.1, 0.15) is 0 Å². The third kappa shape index (κ3) is 9.76. The third-order valence-electron chi connectivity index (χ3n) is 7.62. The standard InChI is InChI=1S/C27H40Cl2NO6P/c1-20(23-13-14-24(28)25(29)17-23)30(15-8-16-37(33,34)18-21-9-4-2-5-10-21)27(32)36-19-35-26(31)22-11-6-3-7-12-22/h13-14,17,20-22H,2-12,15-16,18-19H2,1H3,(H,33,34)/t20-/m1/s1. The SMILES string of the molecule is C[C@H](c1ccc(Cl)c(Cl)c1)N(CCCP(=O)(O)CC1CCCCC1)C(=O)OCOC(=O)C1CCCCC1. The average Bonchev–Trinajstić information content (AvgIpc) is 2.88. The topological polar surface area (TPSA) is 93.1 Å². The summed E-state index contributed by atoms with van der Waals surface area (Å²) in [6.07, 6.45) is 10.4. The van der Waals surface area contributed by atoms with Gasteiger partial charge in [-0.05, 0) is 62.6 Å². The number of ether oxygens (including phenoxy) is 2. The van der Waals surface area contributed by atoms with Crippen LogP contribution in [0.2, 0.25) is 10.0 Å². The first-order valence-corrected chi connectivity index (χ1v) is 16.3. The molecule has 0 aliphatic heterocycles. The molecule has 0 spiro atoms. The molecule has 0 bridgehead atoms. The number of benzene rings is 1. The van der Waals surface area contributed by atoms with Crippen LogP contribution in [-0.4, -0.2) is 47.5 Å². The first kappa shape index (κ1) is 30.3. The largest absolute Gasteiger partial charge is 0.428 e. The lowest BCUT2D eigenvalue weighted by atomic mass is 9.89. The predicted octanol–water partition coefficient (Wildman–Crippen LogP) is 7.81. The van der Waals surface area contributed by atoms with Crippen LogP contribution in [0.25, 0.3) is 0 Å². The number of esters is 1. The predicted molar refractivity (Wildman–Crippen MR) is 146 cm³/mol. The van der Waals surface area contributed by atoms with E-state index in [2.05, 4.69) is 0 Å². The van der Waals surface area contributed by atoms with Gasteiger partial charge in [-0.3, -0.25) is 9.36 Å². The van der Waals surface area contributed by atoms with Crippen molar-refractivity contribution in [2.45, 2.75) is 83.6 Å². The molecule has 2 aliphatic carbocycles. The third-order valence-corrected chi connectivity index (χ3v) is 10.5. The maximum atomic E-state index is 13.1. The lowest BCUT2D eigenvalue weighted by Crippen LogP contribution is -2.36. The molecule has 1 N–H and O–H groups in total. The highest BCUT2D eigenvalue weighted by Gasteiger charge is 2.29. The van der Waals surface area contributed by atoms with Crippen molar-refractivity contribution in [3.8, 4) is 0 Å². The monoisotopic (exact) mass is 575 g/mol. The van der Waals surface area contributed by atoms with Gasteiger partial charge in [-0.1, -0.05) is 67.8 Å². The maximum Gasteiger partial charge on any atom is 0.413 e. The summed E-state index contributed by atoms with van der Waals surface area (Å²) in [5.41, 5.74) is 0.750. The molecule has 1 amide bonds. The van der Waals surface area contributed by atoms with E-state index in [4.69, 9.17) is 32.7 Å². The summed E-state index contributed by atoms with van der Waals surface area (Å²) in [5.74, 6) is -0.165. The molecule has 1 unspecified atom stereocenters. The average molecular weight is 576 g/mol. The molecule has 0 aromatic heterocycles. The summed E-state index contributed by atoms with van der Waals surface area (Å²) in [6.45, 7) is 1.58. The van der Waals surface area contributed by atoms with E-state index in [1.807, 2.05) is 6.92 Å². The summed E-state index contributed by atoms with van der Waals surface area (Å²) in [6, 6.07) is 4.70. The van der Waals surface area contributed by atoms with Crippen molar-refractivity contribution in [1.82, 2.24) is 4.90 Å². The van der Waals surface area contributed by atoms with Gasteiger partial charge in [0.25, 0.3) is 0 Å². The van der Waals surface area contributed by atoms with Crippen LogP contribution in [0.1, 0.15) is 89.2 Å². The van der Waals surface area contributed by atoms with Gasteiger partial charge < -0.3 is 19.3 Å². The van der Waals surface area contributed by atoms with Crippen LogP contribution in [0.3, 0.4) is 0 Å². The Hall–Kier alpha value is -1.27. The minimum absolute atomic E-state index is 0.137. The van der Waals surface area contributed by atoms with Gasteiger partial charge in [0.15, 0.2) is 0 Å². The molecule has 0 heterocycles. The zero-order valence-corrected chi connectivity index (χ0v) is 24.1. The Bertz CT molecular complexity index is 949. The van der Waals surface area contributed by atoms with Gasteiger partial charge >= 0.3 is 12.1 Å². The molecule has 0 radical (unpaired) electrons. The maximum absolute atomic E-state index is 13.1. The van der Waals surface area contributed by atoms with Gasteiger partial charge in [-0.2, -0.15) is 0 Å². The molecular formula is C27H40Cl2NO6P. The summed E-state index contributed by atoms with van der Waals surface area (Å²) < 4.78 is 23.4. The first-order chi connectivity index (χ1) is 17.7. The first-order valence-electron chi connectivity index (χ1n) is 13.5. The van der Waals surface area contributed by atoms with Gasteiger partial charge in [0, 0.05) is 18.9 Å². The number of rotatable bonds is 11. The molecule has 0 saturated heterocycles. The molecule has 2 saturated carbocycles. The molecule has 1 aromatic rings. The van der Waals surface area contributed by atoms with E-state index in [0.717, 1.165) is 63.4 Å². The van der Waals surface area contributed by atoms with Gasteiger partial charge in [-0.25, -0.2) is 4.79 Å². The molecule has 2 fully saturated rings. The van der Waals surface area contributed by atoms with Gasteiger partial charge in [0.2, 0.25) is 14.2 Å². The smallest absolute Gasteiger partial charge is 0.413 e. The second-order valence-electron chi connectivity index (χ2n) is 10.5. The number of halogens is 2. The van der Waals surface area contributed by atoms with E-state index in [9.17, 15) is 19.0 Å². The summed E-state index contributed by atoms with van der Waals surface area (Å²) in [4.78, 5) is 37.4. The highest BCUT2D eigenvalue weighted by Crippen LogP contribution is 2.46. The van der Waals surface area contributed by atoms with Crippen molar-refractivity contribution in [2.75, 3.05) is 25.7 Å². The number of nitrogens with zero attached hydrogens (tertiary/aromatic N) is 1. The Kier molecular flexibility index (Phi) is 12.1. The van der Waals surface area contributed by atoms with E-state index in [0.29, 0.717) is 28.5 Å². The van der Waals surface area contributed by atoms with Crippen molar-refractivity contribution >= 4 is 42.6 Å². The van der Waals surface area contributed by atoms with Crippen LogP contribution in [-0.2, 0) is 18.8 Å². The van der Waals surface area contributed by atoms with E-state index in [1.165, 1.54) is 11.3 Å². The van der Waals surface area contributed by atoms with Crippen molar-refractivity contribution in [2.24, 2.45) is 11.8 Å². The zero-order chi connectivity index (χ0) is 26.8. The molecule has 2 aliphatic rings. The summed E-state index contributed by atoms with van der Waals surface area (Å²) in [7, 11) is -3.30. The van der Waals surface area contributed by atoms with Crippen molar-refractivity contribution in [3.05, 3.63) is 33.8 Å². The van der Waals surface area contributed by atoms with Crippen LogP contribution in [0, 0.1) is 11.8 Å². The Labute approximate surface area is 230 Å². The number of carbonyl (C=O) groups is 2. The van der Waals surface area contributed by atoms with Crippen LogP contribution < -0.4 is 0 Å². The molecule has 3 rings (SSSR count). The van der Waals surface area contributed by atoms with Gasteiger partial charge in [-0.15, -0.1) is 0 Å². The fourth-order valence-corrected chi connectivity index (χ4v) is 7.72. The van der Waals surface area contributed by atoms with E-state index < -0.39 is 26.3 Å². The highest BCUT2D eigenvalue weighted by atomic mass is 35.5. The molecule has 10 heteroatoms. The lowest BCUT2D eigenvalue weighted by Gasteiger charge is -2.30. The highest BCUT2D eigenvalue weighted by molar-refractivity contribution is 7.58. The van der Waals surface area contributed by atoms with E-state index in [-0.39, 0.29) is 24.6 Å². The second-order valence-corrected chi connectivity index (χ2v) is 13.8. The van der Waals surface area contributed by atoms with Crippen molar-refractivity contribution in [1.29, 1.82) is 0 Å². The number of hydrogen-bond acceptors (Lipinski definition) is 5. The van der Waals surface area contributed by atoms with Crippen LogP contribution >= 0.6 is 30.6 Å². The Morgan fingerprint density at radius 3 is 2.32 bits per heavy atom. The van der Waals surface area contributed by atoms with Crippen LogP contribution in [0.5, 0.6) is 0 Å². The summed E-state index contributed by atoms with van der Waals surface area (Å²) >= 11 is 12.3. The van der Waals surface area contributed by atoms with Crippen molar-refractivity contribution < 1.29 is 28.5 Å².